The van der Waals surface area contributed by atoms with Gasteiger partial charge in [0.25, 0.3) is 0 Å². The minimum Gasteiger partial charge on any atom is -0.508 e. The molecule has 0 saturated heterocycles. The van der Waals surface area contributed by atoms with Crippen LogP contribution in [0.1, 0.15) is 112 Å². The first kappa shape index (κ1) is 27.6. The maximum absolute atomic E-state index is 10.8. The van der Waals surface area contributed by atoms with Crippen molar-refractivity contribution in [3.05, 3.63) is 23.3 Å². The van der Waals surface area contributed by atoms with E-state index in [0.29, 0.717) is 5.75 Å². The number of aromatic hydroxyl groups is 1. The molecule has 0 atom stereocenters. The Morgan fingerprint density at radius 3 is 1.53 bits per heavy atom. The summed E-state index contributed by atoms with van der Waals surface area (Å²) in [5, 5.41) is 12.1. The summed E-state index contributed by atoms with van der Waals surface area (Å²) in [6, 6.07) is 8.86. The van der Waals surface area contributed by atoms with Crippen molar-refractivity contribution in [3.8, 4) is 5.75 Å². The van der Waals surface area contributed by atoms with Gasteiger partial charge in [0.05, 0.1) is 8.07 Å². The van der Waals surface area contributed by atoms with E-state index in [-0.39, 0.29) is 10.8 Å². The van der Waals surface area contributed by atoms with Gasteiger partial charge in [-0.2, -0.15) is 0 Å². The molecule has 0 saturated carbocycles. The first-order valence-corrected chi connectivity index (χ1v) is 16.2. The van der Waals surface area contributed by atoms with Crippen LogP contribution in [0.25, 0.3) is 0 Å². The highest BCUT2D eigenvalue weighted by Crippen LogP contribution is 2.43. The lowest BCUT2D eigenvalue weighted by molar-refractivity contribution is 0.441. The zero-order valence-corrected chi connectivity index (χ0v) is 23.4. The molecular weight excluding hydrogens is 400 g/mol. The Balaban J connectivity index is 3.33. The molecule has 0 heterocycles. The van der Waals surface area contributed by atoms with Crippen molar-refractivity contribution in [3.63, 3.8) is 0 Å². The Bertz CT molecular complexity index is 618. The third kappa shape index (κ3) is 8.26. The largest absolute Gasteiger partial charge is 0.508 e. The maximum Gasteiger partial charge on any atom is 0.119 e. The SMILES string of the molecule is CCCC[Si](CCCC)(CCCC)CSc1cc(C(C)(C)C)c(O)cc1C(C)(C)C. The monoisotopic (exact) mass is 450 g/mol. The number of rotatable bonds is 12. The zero-order chi connectivity index (χ0) is 23.0. The number of unbranched alkanes of at least 4 members (excludes halogenated alkanes) is 3. The van der Waals surface area contributed by atoms with Crippen molar-refractivity contribution in [2.75, 3.05) is 5.38 Å². The Morgan fingerprint density at radius 1 is 0.733 bits per heavy atom. The van der Waals surface area contributed by atoms with Crippen LogP contribution in [0.3, 0.4) is 0 Å². The normalized spacial score (nSPS) is 13.1. The van der Waals surface area contributed by atoms with E-state index >= 15 is 0 Å². The topological polar surface area (TPSA) is 20.2 Å². The van der Waals surface area contributed by atoms with Crippen LogP contribution in [-0.2, 0) is 10.8 Å². The van der Waals surface area contributed by atoms with Gasteiger partial charge in [-0.05, 0) is 33.9 Å². The van der Waals surface area contributed by atoms with E-state index in [1.165, 1.54) is 72.5 Å². The maximum atomic E-state index is 10.8. The second-order valence-corrected chi connectivity index (χ2v) is 17.8. The minimum atomic E-state index is -1.30. The van der Waals surface area contributed by atoms with Crippen LogP contribution < -0.4 is 0 Å². The van der Waals surface area contributed by atoms with Crippen LogP contribution in [0.2, 0.25) is 18.1 Å². The van der Waals surface area contributed by atoms with Gasteiger partial charge in [0.2, 0.25) is 0 Å². The van der Waals surface area contributed by atoms with E-state index in [4.69, 9.17) is 0 Å². The zero-order valence-electron chi connectivity index (χ0n) is 21.6. The fourth-order valence-electron chi connectivity index (χ4n) is 4.35. The molecule has 0 radical (unpaired) electrons. The second-order valence-electron chi connectivity index (χ2n) is 11.5. The van der Waals surface area contributed by atoms with E-state index in [9.17, 15) is 5.11 Å². The quantitative estimate of drug-likeness (QED) is 0.253. The van der Waals surface area contributed by atoms with Crippen LogP contribution in [0.15, 0.2) is 17.0 Å². The molecule has 0 amide bonds. The van der Waals surface area contributed by atoms with Crippen LogP contribution in [0.4, 0.5) is 0 Å². The van der Waals surface area contributed by atoms with Gasteiger partial charge in [-0.1, -0.05) is 119 Å². The summed E-state index contributed by atoms with van der Waals surface area (Å²) in [4.78, 5) is 1.41. The number of phenols is 1. The van der Waals surface area contributed by atoms with Crippen LogP contribution in [-0.4, -0.2) is 18.6 Å². The fourth-order valence-corrected chi connectivity index (χ4v) is 12.7. The molecule has 0 aliphatic rings. The summed E-state index contributed by atoms with van der Waals surface area (Å²) in [6.07, 6.45) is 8.15. The molecule has 0 fully saturated rings. The Morgan fingerprint density at radius 2 is 1.17 bits per heavy atom. The van der Waals surface area contributed by atoms with Crippen molar-refractivity contribution in [2.45, 2.75) is 135 Å². The molecule has 1 rings (SSSR count). The Kier molecular flexibility index (Phi) is 11.0. The van der Waals surface area contributed by atoms with E-state index in [1.54, 1.807) is 0 Å². The van der Waals surface area contributed by atoms with E-state index in [1.807, 2.05) is 0 Å². The third-order valence-corrected chi connectivity index (χ3v) is 14.3. The van der Waals surface area contributed by atoms with Crippen LogP contribution >= 0.6 is 11.8 Å². The summed E-state index contributed by atoms with van der Waals surface area (Å²) < 4.78 is 0. The smallest absolute Gasteiger partial charge is 0.119 e. The van der Waals surface area contributed by atoms with Gasteiger partial charge in [-0.15, -0.1) is 11.8 Å². The number of hydrogen-bond donors (Lipinski definition) is 1. The standard InChI is InChI=1S/C27H50OSSi/c1-10-13-16-30(17-14-11-2,18-15-12-3)21-29-25-20-22(26(4,5)6)24(28)19-23(25)27(7,8)9/h19-20,28H,10-18,21H2,1-9H3. The average molecular weight is 451 g/mol. The highest BCUT2D eigenvalue weighted by molar-refractivity contribution is 8.01. The Labute approximate surface area is 193 Å². The molecule has 0 aliphatic carbocycles. The van der Waals surface area contributed by atoms with Gasteiger partial charge >= 0.3 is 0 Å². The number of thioether (sulfide) groups is 1. The molecule has 0 aromatic heterocycles. The summed E-state index contributed by atoms with van der Waals surface area (Å²) in [6.45, 7) is 20.5. The molecule has 30 heavy (non-hydrogen) atoms. The summed E-state index contributed by atoms with van der Waals surface area (Å²) in [5.74, 6) is 0.461. The molecule has 1 N–H and O–H groups in total. The van der Waals surface area contributed by atoms with Gasteiger partial charge in [-0.3, -0.25) is 0 Å². The van der Waals surface area contributed by atoms with E-state index in [0.717, 1.165) is 5.56 Å². The molecule has 1 aromatic carbocycles. The predicted molar refractivity (Wildman–Crippen MR) is 141 cm³/mol. The summed E-state index contributed by atoms with van der Waals surface area (Å²) >= 11 is 2.12. The molecule has 1 nitrogen and oxygen atoms in total. The van der Waals surface area contributed by atoms with Crippen molar-refractivity contribution in [1.82, 2.24) is 0 Å². The summed E-state index contributed by atoms with van der Waals surface area (Å²) in [5.41, 5.74) is 2.39. The minimum absolute atomic E-state index is 0.0384. The first-order valence-electron chi connectivity index (χ1n) is 12.4. The van der Waals surface area contributed by atoms with E-state index < -0.39 is 8.07 Å². The van der Waals surface area contributed by atoms with Gasteiger partial charge in [-0.25, -0.2) is 0 Å². The lowest BCUT2D eigenvalue weighted by Gasteiger charge is -2.33. The second kappa shape index (κ2) is 12.0. The van der Waals surface area contributed by atoms with Crippen molar-refractivity contribution >= 4 is 19.8 Å². The average Bonchev–Trinajstić information content (AvgIpc) is 2.65. The third-order valence-electron chi connectivity index (χ3n) is 6.43. The number of hydrogen-bond acceptors (Lipinski definition) is 2. The Hall–Kier alpha value is -0.413. The summed E-state index contributed by atoms with van der Waals surface area (Å²) in [7, 11) is -1.30. The molecular formula is C27H50OSSi. The molecule has 0 unspecified atom stereocenters. The van der Waals surface area contributed by atoms with Gasteiger partial charge in [0.15, 0.2) is 0 Å². The molecule has 0 bridgehead atoms. The highest BCUT2D eigenvalue weighted by atomic mass is 32.2. The number of benzene rings is 1. The van der Waals surface area contributed by atoms with E-state index in [2.05, 4.69) is 86.2 Å². The van der Waals surface area contributed by atoms with Gasteiger partial charge < -0.3 is 5.11 Å². The predicted octanol–water partition coefficient (Wildman–Crippen LogP) is 9.47. The van der Waals surface area contributed by atoms with Crippen LogP contribution in [0, 0.1) is 0 Å². The van der Waals surface area contributed by atoms with Crippen molar-refractivity contribution in [2.24, 2.45) is 0 Å². The van der Waals surface area contributed by atoms with Crippen molar-refractivity contribution < 1.29 is 5.11 Å². The fraction of sp³-hybridized carbons (Fsp3) is 0.778. The first-order chi connectivity index (χ1) is 13.9. The van der Waals surface area contributed by atoms with Gasteiger partial charge in [0.1, 0.15) is 5.75 Å². The lowest BCUT2D eigenvalue weighted by Crippen LogP contribution is -2.37. The molecule has 1 aromatic rings. The lowest BCUT2D eigenvalue weighted by atomic mass is 9.81. The molecule has 0 spiro atoms. The molecule has 3 heteroatoms. The molecule has 174 valence electrons. The van der Waals surface area contributed by atoms with Crippen LogP contribution in [0.5, 0.6) is 5.75 Å². The van der Waals surface area contributed by atoms with Crippen molar-refractivity contribution in [1.29, 1.82) is 0 Å². The number of phenolic OH excluding ortho intramolecular Hbond substituents is 1. The highest BCUT2D eigenvalue weighted by Gasteiger charge is 2.32. The molecule has 0 aliphatic heterocycles. The van der Waals surface area contributed by atoms with Gasteiger partial charge in [0, 0.05) is 10.5 Å².